The molecule has 1 saturated heterocycles. The van der Waals surface area contributed by atoms with Crippen molar-refractivity contribution in [3.8, 4) is 11.5 Å². The summed E-state index contributed by atoms with van der Waals surface area (Å²) >= 11 is 6.96. The lowest BCUT2D eigenvalue weighted by Crippen LogP contribution is -2.54. The van der Waals surface area contributed by atoms with Crippen molar-refractivity contribution in [1.29, 1.82) is 0 Å². The van der Waals surface area contributed by atoms with E-state index >= 15 is 0 Å². The maximum absolute atomic E-state index is 13.3. The lowest BCUT2D eigenvalue weighted by Gasteiger charge is -2.26. The van der Waals surface area contributed by atoms with Gasteiger partial charge in [-0.1, -0.05) is 58.4 Å². The van der Waals surface area contributed by atoms with Gasteiger partial charge >= 0.3 is 6.03 Å². The van der Waals surface area contributed by atoms with Gasteiger partial charge in [-0.15, -0.1) is 0 Å². The standard InChI is InChI=1S/C30H22Br2N2O5/c1-17-12-21(10-11-24(17)31)34-29(36)23(28(35)33-30(34)37)13-18-14-25(32)27(26(15-18)38-2)39-16-20-8-5-7-19-6-3-4-9-22(19)20/h3-15H,16H2,1-2H3,(H,33,35,37)/b23-13-. The van der Waals surface area contributed by atoms with Crippen molar-refractivity contribution >= 4 is 72.2 Å². The topological polar surface area (TPSA) is 84.9 Å². The summed E-state index contributed by atoms with van der Waals surface area (Å²) in [5.74, 6) is -0.607. The number of nitrogens with one attached hydrogen (secondary N) is 1. The zero-order chi connectivity index (χ0) is 27.7. The van der Waals surface area contributed by atoms with E-state index in [2.05, 4.69) is 37.2 Å². The number of rotatable bonds is 6. The molecule has 9 heteroatoms. The van der Waals surface area contributed by atoms with Crippen LogP contribution in [0.25, 0.3) is 16.8 Å². The minimum atomic E-state index is -0.806. The Kier molecular flexibility index (Phi) is 7.54. The number of aryl methyl sites for hydroxylation is 1. The van der Waals surface area contributed by atoms with E-state index in [0.717, 1.165) is 31.3 Å². The number of methoxy groups -OCH3 is 1. The van der Waals surface area contributed by atoms with Crippen LogP contribution in [0.15, 0.2) is 87.3 Å². The Morgan fingerprint density at radius 2 is 1.69 bits per heavy atom. The van der Waals surface area contributed by atoms with Gasteiger partial charge in [0.2, 0.25) is 0 Å². The summed E-state index contributed by atoms with van der Waals surface area (Å²) in [4.78, 5) is 39.5. The van der Waals surface area contributed by atoms with Crippen molar-refractivity contribution in [3.63, 3.8) is 0 Å². The van der Waals surface area contributed by atoms with E-state index in [4.69, 9.17) is 9.47 Å². The highest BCUT2D eigenvalue weighted by atomic mass is 79.9. The number of halogens is 2. The Morgan fingerprint density at radius 1 is 0.923 bits per heavy atom. The van der Waals surface area contributed by atoms with Crippen molar-refractivity contribution in [1.82, 2.24) is 5.32 Å². The molecule has 0 spiro atoms. The van der Waals surface area contributed by atoms with Gasteiger partial charge in [-0.05, 0) is 86.7 Å². The SMILES string of the molecule is COc1cc(/C=C2/C(=O)NC(=O)N(c3ccc(Br)c(C)c3)C2=O)cc(Br)c1OCc1cccc2ccccc12. The Balaban J connectivity index is 1.45. The molecule has 0 bridgehead atoms. The number of carbonyl (C=O) groups is 3. The number of amides is 4. The summed E-state index contributed by atoms with van der Waals surface area (Å²) in [7, 11) is 1.51. The predicted molar refractivity (Wildman–Crippen MR) is 157 cm³/mol. The number of hydrogen-bond donors (Lipinski definition) is 1. The van der Waals surface area contributed by atoms with E-state index in [1.807, 2.05) is 49.4 Å². The van der Waals surface area contributed by atoms with Crippen LogP contribution in [0.5, 0.6) is 11.5 Å². The van der Waals surface area contributed by atoms with E-state index in [1.54, 1.807) is 30.3 Å². The summed E-state index contributed by atoms with van der Waals surface area (Å²) < 4.78 is 13.1. The third-order valence-corrected chi connectivity index (χ3v) is 7.79. The Bertz CT molecular complexity index is 1680. The van der Waals surface area contributed by atoms with Gasteiger partial charge < -0.3 is 9.47 Å². The van der Waals surface area contributed by atoms with Crippen LogP contribution in [0, 0.1) is 6.92 Å². The first-order chi connectivity index (χ1) is 18.8. The minimum Gasteiger partial charge on any atom is -0.493 e. The van der Waals surface area contributed by atoms with Crippen LogP contribution in [0.2, 0.25) is 0 Å². The summed E-state index contributed by atoms with van der Waals surface area (Å²) in [6.45, 7) is 2.15. The normalized spacial score (nSPS) is 14.6. The van der Waals surface area contributed by atoms with Gasteiger partial charge in [-0.3, -0.25) is 14.9 Å². The number of ether oxygens (including phenoxy) is 2. The van der Waals surface area contributed by atoms with Gasteiger partial charge in [-0.25, -0.2) is 9.69 Å². The molecule has 4 amide bonds. The van der Waals surface area contributed by atoms with Crippen molar-refractivity contribution in [3.05, 3.63) is 104 Å². The molecule has 39 heavy (non-hydrogen) atoms. The molecule has 4 aromatic carbocycles. The first-order valence-electron chi connectivity index (χ1n) is 11.9. The molecule has 1 N–H and O–H groups in total. The number of carbonyl (C=O) groups excluding carboxylic acids is 3. The fourth-order valence-corrected chi connectivity index (χ4v) is 5.18. The molecule has 0 radical (unpaired) electrons. The second-order valence-corrected chi connectivity index (χ2v) is 10.6. The number of benzene rings is 4. The van der Waals surface area contributed by atoms with Crippen LogP contribution < -0.4 is 19.7 Å². The maximum Gasteiger partial charge on any atom is 0.335 e. The fourth-order valence-electron chi connectivity index (χ4n) is 4.36. The molecule has 4 aromatic rings. The van der Waals surface area contributed by atoms with Crippen LogP contribution >= 0.6 is 31.9 Å². The van der Waals surface area contributed by atoms with E-state index in [-0.39, 0.29) is 5.57 Å². The highest BCUT2D eigenvalue weighted by molar-refractivity contribution is 9.10. The van der Waals surface area contributed by atoms with Crippen molar-refractivity contribution in [2.24, 2.45) is 0 Å². The molecule has 1 aliphatic heterocycles. The van der Waals surface area contributed by atoms with Crippen molar-refractivity contribution in [2.45, 2.75) is 13.5 Å². The lowest BCUT2D eigenvalue weighted by atomic mass is 10.1. The summed E-state index contributed by atoms with van der Waals surface area (Å²) in [5, 5.41) is 4.46. The summed E-state index contributed by atoms with van der Waals surface area (Å²) in [6, 6.07) is 21.8. The highest BCUT2D eigenvalue weighted by Crippen LogP contribution is 2.38. The van der Waals surface area contributed by atoms with E-state index in [9.17, 15) is 14.4 Å². The van der Waals surface area contributed by atoms with Gasteiger partial charge in [0, 0.05) is 4.47 Å². The molecule has 0 saturated carbocycles. The van der Waals surface area contributed by atoms with Crippen LogP contribution in [0.3, 0.4) is 0 Å². The second kappa shape index (κ2) is 11.0. The van der Waals surface area contributed by atoms with Gasteiger partial charge in [0.15, 0.2) is 11.5 Å². The number of fused-ring (bicyclic) bond motifs is 1. The Labute approximate surface area is 241 Å². The lowest BCUT2D eigenvalue weighted by molar-refractivity contribution is -0.122. The first-order valence-corrected chi connectivity index (χ1v) is 13.5. The Morgan fingerprint density at radius 3 is 2.46 bits per heavy atom. The molecule has 0 unspecified atom stereocenters. The van der Waals surface area contributed by atoms with Gasteiger partial charge in [0.05, 0.1) is 17.3 Å². The fraction of sp³-hybridized carbons (Fsp3) is 0.100. The zero-order valence-corrected chi connectivity index (χ0v) is 24.1. The molecule has 0 atom stereocenters. The Hall–Kier alpha value is -3.95. The first kappa shape index (κ1) is 26.6. The van der Waals surface area contributed by atoms with Gasteiger partial charge in [-0.2, -0.15) is 0 Å². The van der Waals surface area contributed by atoms with E-state index < -0.39 is 17.8 Å². The van der Waals surface area contributed by atoms with Crippen LogP contribution in [-0.4, -0.2) is 25.0 Å². The van der Waals surface area contributed by atoms with Crippen LogP contribution in [0.1, 0.15) is 16.7 Å². The van der Waals surface area contributed by atoms with Crippen molar-refractivity contribution < 1.29 is 23.9 Å². The molecule has 1 aliphatic rings. The van der Waals surface area contributed by atoms with E-state index in [1.165, 1.54) is 13.2 Å². The number of barbiturate groups is 1. The predicted octanol–water partition coefficient (Wildman–Crippen LogP) is 6.93. The zero-order valence-electron chi connectivity index (χ0n) is 21.0. The maximum atomic E-state index is 13.3. The quantitative estimate of drug-likeness (QED) is 0.181. The third-order valence-electron chi connectivity index (χ3n) is 6.32. The molecule has 0 aromatic heterocycles. The average molecular weight is 650 g/mol. The van der Waals surface area contributed by atoms with Crippen LogP contribution in [-0.2, 0) is 16.2 Å². The second-order valence-electron chi connectivity index (χ2n) is 8.85. The number of hydrogen-bond acceptors (Lipinski definition) is 5. The molecule has 0 aliphatic carbocycles. The molecule has 7 nitrogen and oxygen atoms in total. The average Bonchev–Trinajstić information content (AvgIpc) is 2.92. The molecular formula is C30H22Br2N2O5. The molecule has 5 rings (SSSR count). The smallest absolute Gasteiger partial charge is 0.335 e. The molecule has 1 fully saturated rings. The summed E-state index contributed by atoms with van der Waals surface area (Å²) in [5.41, 5.74) is 2.53. The third kappa shape index (κ3) is 5.32. The monoisotopic (exact) mass is 648 g/mol. The minimum absolute atomic E-state index is 0.187. The molecule has 196 valence electrons. The van der Waals surface area contributed by atoms with Gasteiger partial charge in [0.25, 0.3) is 11.8 Å². The summed E-state index contributed by atoms with van der Waals surface area (Å²) in [6.07, 6.45) is 1.42. The number of imide groups is 2. The molecule has 1 heterocycles. The number of anilines is 1. The molecular weight excluding hydrogens is 628 g/mol. The largest absolute Gasteiger partial charge is 0.493 e. The highest BCUT2D eigenvalue weighted by Gasteiger charge is 2.37. The number of nitrogens with zero attached hydrogens (tertiary/aromatic N) is 1. The number of urea groups is 1. The van der Waals surface area contributed by atoms with Gasteiger partial charge in [0.1, 0.15) is 12.2 Å². The van der Waals surface area contributed by atoms with Crippen molar-refractivity contribution in [2.75, 3.05) is 12.0 Å². The van der Waals surface area contributed by atoms with E-state index in [0.29, 0.717) is 33.8 Å². The van der Waals surface area contributed by atoms with Crippen LogP contribution in [0.4, 0.5) is 10.5 Å².